The minimum Gasteiger partial charge on any atom is -0.329 e. The van der Waals surface area contributed by atoms with Gasteiger partial charge >= 0.3 is 0 Å². The van der Waals surface area contributed by atoms with E-state index in [2.05, 4.69) is 28.6 Å². The number of hydrogen-bond donors (Lipinski definition) is 1. The Hall–Kier alpha value is -0.0800. The van der Waals surface area contributed by atoms with Crippen LogP contribution in [0.2, 0.25) is 0 Å². The number of rotatable bonds is 5. The molecule has 0 fully saturated rings. The van der Waals surface area contributed by atoms with E-state index in [0.717, 1.165) is 8.68 Å². The second-order valence-electron chi connectivity index (χ2n) is 3.35. The molecule has 2 rings (SSSR count). The van der Waals surface area contributed by atoms with Crippen molar-refractivity contribution < 1.29 is 0 Å². The average Bonchev–Trinajstić information content (AvgIpc) is 2.95. The first-order valence-electron chi connectivity index (χ1n) is 5.02. The minimum absolute atomic E-state index is 0.289. The summed E-state index contributed by atoms with van der Waals surface area (Å²) in [6.45, 7) is 2.75. The molecule has 0 amide bonds. The molecule has 0 aliphatic carbocycles. The van der Waals surface area contributed by atoms with Crippen LogP contribution < -0.4 is 5.73 Å². The highest BCUT2D eigenvalue weighted by Gasteiger charge is 2.17. The van der Waals surface area contributed by atoms with Crippen LogP contribution in [0.15, 0.2) is 20.1 Å². The van der Waals surface area contributed by atoms with E-state index in [4.69, 9.17) is 5.73 Å². The van der Waals surface area contributed by atoms with E-state index in [1.54, 1.807) is 46.2 Å². The van der Waals surface area contributed by atoms with Gasteiger partial charge in [-0.1, -0.05) is 34.9 Å². The monoisotopic (exact) mass is 303 g/mol. The number of thiophene rings is 1. The largest absolute Gasteiger partial charge is 0.329 e. The number of nitrogens with zero attached hydrogens (tertiary/aromatic N) is 2. The maximum absolute atomic E-state index is 5.86. The van der Waals surface area contributed by atoms with Gasteiger partial charge in [-0.25, -0.2) is 0 Å². The minimum atomic E-state index is 0.289. The summed E-state index contributed by atoms with van der Waals surface area (Å²) in [4.78, 5) is 1.35. The van der Waals surface area contributed by atoms with Gasteiger partial charge in [-0.3, -0.25) is 0 Å². The highest BCUT2D eigenvalue weighted by Crippen LogP contribution is 2.40. The molecule has 3 nitrogen and oxygen atoms in total. The van der Waals surface area contributed by atoms with Crippen LogP contribution in [0, 0.1) is 6.92 Å². The maximum atomic E-state index is 5.86. The molecular formula is C10H13N3S4. The van der Waals surface area contributed by atoms with Crippen molar-refractivity contribution in [2.24, 2.45) is 5.73 Å². The molecule has 2 N–H and O–H groups in total. The van der Waals surface area contributed by atoms with Gasteiger partial charge in [0, 0.05) is 11.4 Å². The van der Waals surface area contributed by atoms with Gasteiger partial charge in [-0.2, -0.15) is 0 Å². The lowest BCUT2D eigenvalue weighted by Gasteiger charge is -2.11. The van der Waals surface area contributed by atoms with E-state index >= 15 is 0 Å². The van der Waals surface area contributed by atoms with Crippen LogP contribution in [0.1, 0.15) is 15.7 Å². The fraction of sp³-hybridized carbons (Fsp3) is 0.400. The van der Waals surface area contributed by atoms with Gasteiger partial charge in [0.1, 0.15) is 0 Å². The molecule has 1 atom stereocenters. The van der Waals surface area contributed by atoms with Crippen LogP contribution >= 0.6 is 46.2 Å². The van der Waals surface area contributed by atoms with E-state index < -0.39 is 0 Å². The van der Waals surface area contributed by atoms with Crippen molar-refractivity contribution in [3.05, 3.63) is 21.9 Å². The molecule has 2 aromatic heterocycles. The fourth-order valence-electron chi connectivity index (χ4n) is 1.37. The number of hydrogen-bond acceptors (Lipinski definition) is 7. The first-order valence-corrected chi connectivity index (χ1v) is 8.83. The third kappa shape index (κ3) is 3.23. The van der Waals surface area contributed by atoms with Crippen molar-refractivity contribution in [1.82, 2.24) is 10.2 Å². The predicted octanol–water partition coefficient (Wildman–Crippen LogP) is 3.42. The Morgan fingerprint density at radius 3 is 2.71 bits per heavy atom. The zero-order valence-corrected chi connectivity index (χ0v) is 12.8. The highest BCUT2D eigenvalue weighted by atomic mass is 32.2. The molecule has 92 valence electrons. The van der Waals surface area contributed by atoms with Gasteiger partial charge in [0.25, 0.3) is 0 Å². The molecule has 0 bridgehead atoms. The lowest BCUT2D eigenvalue weighted by Crippen LogP contribution is -2.08. The molecule has 2 aromatic rings. The number of aryl methyl sites for hydroxylation is 1. The van der Waals surface area contributed by atoms with Crippen molar-refractivity contribution in [2.75, 3.05) is 12.8 Å². The van der Waals surface area contributed by atoms with Crippen LogP contribution in [0.3, 0.4) is 0 Å². The zero-order chi connectivity index (χ0) is 12.3. The first kappa shape index (κ1) is 13.4. The molecule has 1 unspecified atom stereocenters. The Morgan fingerprint density at radius 1 is 1.41 bits per heavy atom. The molecule has 0 spiro atoms. The van der Waals surface area contributed by atoms with Crippen LogP contribution in [-0.2, 0) is 0 Å². The second kappa shape index (κ2) is 6.19. The van der Waals surface area contributed by atoms with Crippen molar-refractivity contribution in [2.45, 2.75) is 20.9 Å². The van der Waals surface area contributed by atoms with Crippen molar-refractivity contribution >= 4 is 46.2 Å². The van der Waals surface area contributed by atoms with E-state index in [0.29, 0.717) is 6.54 Å². The predicted molar refractivity (Wildman–Crippen MR) is 78.4 cm³/mol. The summed E-state index contributed by atoms with van der Waals surface area (Å²) in [5.74, 6) is 0. The summed E-state index contributed by atoms with van der Waals surface area (Å²) in [5.41, 5.74) is 7.17. The Bertz CT molecular complexity index is 479. The summed E-state index contributed by atoms with van der Waals surface area (Å²) in [6.07, 6.45) is 2.01. The fourth-order valence-corrected chi connectivity index (χ4v) is 5.27. The van der Waals surface area contributed by atoms with Crippen molar-refractivity contribution in [1.29, 1.82) is 0 Å². The molecular weight excluding hydrogens is 290 g/mol. The average molecular weight is 304 g/mol. The number of aromatic nitrogens is 2. The molecule has 0 radical (unpaired) electrons. The van der Waals surface area contributed by atoms with Crippen LogP contribution in [0.25, 0.3) is 0 Å². The molecule has 0 saturated carbocycles. The SMILES string of the molecule is CSc1nnc(SC(CN)c2sccc2C)s1. The van der Waals surface area contributed by atoms with E-state index in [1.807, 2.05) is 6.26 Å². The van der Waals surface area contributed by atoms with Gasteiger partial charge in [0.05, 0.1) is 5.25 Å². The lowest BCUT2D eigenvalue weighted by molar-refractivity contribution is 0.928. The first-order chi connectivity index (χ1) is 8.24. The quantitative estimate of drug-likeness (QED) is 0.858. The van der Waals surface area contributed by atoms with Gasteiger partial charge < -0.3 is 5.73 Å². The number of thioether (sulfide) groups is 2. The second-order valence-corrected chi connectivity index (χ2v) is 7.78. The summed E-state index contributed by atoms with van der Waals surface area (Å²) >= 11 is 6.74. The Kier molecular flexibility index (Phi) is 4.87. The Balaban J connectivity index is 2.12. The van der Waals surface area contributed by atoms with Crippen LogP contribution in [0.5, 0.6) is 0 Å². The van der Waals surface area contributed by atoms with Gasteiger partial charge in [-0.05, 0) is 30.2 Å². The summed E-state index contributed by atoms with van der Waals surface area (Å²) < 4.78 is 2.00. The molecule has 0 saturated heterocycles. The van der Waals surface area contributed by atoms with Crippen molar-refractivity contribution in [3.8, 4) is 0 Å². The Morgan fingerprint density at radius 2 is 2.18 bits per heavy atom. The van der Waals surface area contributed by atoms with E-state index in [9.17, 15) is 0 Å². The molecule has 0 aliphatic heterocycles. The van der Waals surface area contributed by atoms with Gasteiger partial charge in [0.2, 0.25) is 0 Å². The zero-order valence-electron chi connectivity index (χ0n) is 9.54. The lowest BCUT2D eigenvalue weighted by atomic mass is 10.2. The highest BCUT2D eigenvalue weighted by molar-refractivity contribution is 8.03. The van der Waals surface area contributed by atoms with Crippen molar-refractivity contribution in [3.63, 3.8) is 0 Å². The third-order valence-electron chi connectivity index (χ3n) is 2.21. The summed E-state index contributed by atoms with van der Waals surface area (Å²) in [7, 11) is 0. The maximum Gasteiger partial charge on any atom is 0.175 e. The molecule has 2 heterocycles. The standard InChI is InChI=1S/C10H13N3S4/c1-6-3-4-15-8(6)7(5-11)16-10-13-12-9(14-2)17-10/h3-4,7H,5,11H2,1-2H3. The summed E-state index contributed by atoms with van der Waals surface area (Å²) in [6, 6.07) is 2.14. The number of nitrogens with two attached hydrogens (primary N) is 1. The summed E-state index contributed by atoms with van der Waals surface area (Å²) in [5, 5.41) is 10.7. The normalized spacial score (nSPS) is 12.9. The van der Waals surface area contributed by atoms with Crippen LogP contribution in [0.4, 0.5) is 0 Å². The van der Waals surface area contributed by atoms with E-state index in [-0.39, 0.29) is 5.25 Å². The Labute approximate surface area is 117 Å². The third-order valence-corrected chi connectivity index (χ3v) is 6.72. The smallest absolute Gasteiger partial charge is 0.175 e. The molecule has 17 heavy (non-hydrogen) atoms. The molecule has 0 aromatic carbocycles. The molecule has 0 aliphatic rings. The molecule has 7 heteroatoms. The van der Waals surface area contributed by atoms with Crippen LogP contribution in [-0.4, -0.2) is 23.0 Å². The van der Waals surface area contributed by atoms with E-state index in [1.165, 1.54) is 10.4 Å². The van der Waals surface area contributed by atoms with Gasteiger partial charge in [-0.15, -0.1) is 21.5 Å². The topological polar surface area (TPSA) is 51.8 Å². The van der Waals surface area contributed by atoms with Gasteiger partial charge in [0.15, 0.2) is 8.68 Å².